The maximum absolute atomic E-state index is 12.2. The molecule has 0 aliphatic rings. The summed E-state index contributed by atoms with van der Waals surface area (Å²) in [5.74, 6) is 1.55. The zero-order chi connectivity index (χ0) is 17.5. The van der Waals surface area contributed by atoms with Crippen LogP contribution in [0.5, 0.6) is 5.75 Å². The molecule has 24 heavy (non-hydrogen) atoms. The number of amides is 1. The lowest BCUT2D eigenvalue weighted by Crippen LogP contribution is -2.32. The third kappa shape index (κ3) is 4.92. The summed E-state index contributed by atoms with van der Waals surface area (Å²) >= 11 is 0. The number of nitrogens with zero attached hydrogens (tertiary/aromatic N) is 3. The standard InChI is InChI=1S/C17H23N5O2/c1-12-19-14(17(23)18-9-10-22(2)3)11-16(20-12)21-13-7-5-6-8-15(13)24-4/h5-8,11H,9-10H2,1-4H3,(H,18,23)(H,19,20,21). The summed E-state index contributed by atoms with van der Waals surface area (Å²) in [6.07, 6.45) is 0. The molecule has 7 heteroatoms. The second kappa shape index (κ2) is 8.26. The largest absolute Gasteiger partial charge is 0.495 e. The van der Waals surface area contributed by atoms with Crippen molar-refractivity contribution in [3.63, 3.8) is 0 Å². The highest BCUT2D eigenvalue weighted by molar-refractivity contribution is 5.93. The molecule has 0 fully saturated rings. The molecule has 1 amide bonds. The molecule has 2 N–H and O–H groups in total. The summed E-state index contributed by atoms with van der Waals surface area (Å²) in [6, 6.07) is 9.15. The van der Waals surface area contributed by atoms with Gasteiger partial charge in [-0.2, -0.15) is 0 Å². The van der Waals surface area contributed by atoms with Crippen LogP contribution in [0.3, 0.4) is 0 Å². The third-order valence-electron chi connectivity index (χ3n) is 3.28. The van der Waals surface area contributed by atoms with Crippen LogP contribution in [-0.2, 0) is 0 Å². The molecule has 1 heterocycles. The zero-order valence-electron chi connectivity index (χ0n) is 14.5. The van der Waals surface area contributed by atoms with Crippen LogP contribution in [0.15, 0.2) is 30.3 Å². The van der Waals surface area contributed by atoms with Crippen molar-refractivity contribution in [1.82, 2.24) is 20.2 Å². The minimum atomic E-state index is -0.217. The Bertz CT molecular complexity index is 703. The van der Waals surface area contributed by atoms with E-state index in [1.165, 1.54) is 0 Å². The van der Waals surface area contributed by atoms with Gasteiger partial charge in [-0.25, -0.2) is 9.97 Å². The second-order valence-corrected chi connectivity index (χ2v) is 5.57. The lowest BCUT2D eigenvalue weighted by molar-refractivity contribution is 0.0945. The lowest BCUT2D eigenvalue weighted by Gasteiger charge is -2.12. The second-order valence-electron chi connectivity index (χ2n) is 5.57. The van der Waals surface area contributed by atoms with E-state index in [1.807, 2.05) is 43.3 Å². The first-order valence-corrected chi connectivity index (χ1v) is 7.68. The van der Waals surface area contributed by atoms with Crippen molar-refractivity contribution < 1.29 is 9.53 Å². The van der Waals surface area contributed by atoms with E-state index in [0.717, 1.165) is 12.2 Å². The fourth-order valence-corrected chi connectivity index (χ4v) is 2.12. The van der Waals surface area contributed by atoms with E-state index in [-0.39, 0.29) is 5.91 Å². The Morgan fingerprint density at radius 2 is 2.00 bits per heavy atom. The number of hydrogen-bond acceptors (Lipinski definition) is 6. The maximum atomic E-state index is 12.2. The first kappa shape index (κ1) is 17.7. The van der Waals surface area contributed by atoms with Gasteiger partial charge in [-0.15, -0.1) is 0 Å². The number of nitrogens with one attached hydrogen (secondary N) is 2. The van der Waals surface area contributed by atoms with Crippen molar-refractivity contribution in [2.45, 2.75) is 6.92 Å². The molecule has 1 aromatic heterocycles. The first-order chi connectivity index (χ1) is 11.5. The summed E-state index contributed by atoms with van der Waals surface area (Å²) in [5, 5.41) is 6.02. The molecule has 1 aromatic carbocycles. The average Bonchev–Trinajstić information content (AvgIpc) is 2.54. The van der Waals surface area contributed by atoms with E-state index >= 15 is 0 Å². The van der Waals surface area contributed by atoms with Crippen molar-refractivity contribution in [3.05, 3.63) is 41.9 Å². The Kier molecular flexibility index (Phi) is 6.08. The molecule has 0 saturated carbocycles. The van der Waals surface area contributed by atoms with Crippen LogP contribution in [0, 0.1) is 6.92 Å². The normalized spacial score (nSPS) is 10.5. The van der Waals surface area contributed by atoms with Crippen LogP contribution in [0.4, 0.5) is 11.5 Å². The highest BCUT2D eigenvalue weighted by Crippen LogP contribution is 2.26. The molecule has 2 rings (SSSR count). The number of carbonyl (C=O) groups is 1. The summed E-state index contributed by atoms with van der Waals surface area (Å²) in [5.41, 5.74) is 1.11. The van der Waals surface area contributed by atoms with Crippen molar-refractivity contribution in [2.24, 2.45) is 0 Å². The van der Waals surface area contributed by atoms with E-state index in [4.69, 9.17) is 4.74 Å². The van der Waals surface area contributed by atoms with E-state index in [9.17, 15) is 4.79 Å². The molecule has 0 unspecified atom stereocenters. The monoisotopic (exact) mass is 329 g/mol. The Balaban J connectivity index is 2.14. The number of hydrogen-bond donors (Lipinski definition) is 2. The number of aromatic nitrogens is 2. The van der Waals surface area contributed by atoms with Gasteiger partial charge in [-0.1, -0.05) is 12.1 Å². The van der Waals surface area contributed by atoms with Crippen LogP contribution in [0.1, 0.15) is 16.3 Å². The van der Waals surface area contributed by atoms with Gasteiger partial charge < -0.3 is 20.3 Å². The predicted molar refractivity (Wildman–Crippen MR) is 93.9 cm³/mol. The molecule has 0 aliphatic carbocycles. The molecular weight excluding hydrogens is 306 g/mol. The molecule has 0 spiro atoms. The summed E-state index contributed by atoms with van der Waals surface area (Å²) < 4.78 is 5.31. The summed E-state index contributed by atoms with van der Waals surface area (Å²) in [6.45, 7) is 3.08. The Morgan fingerprint density at radius 3 is 2.71 bits per heavy atom. The molecule has 7 nitrogen and oxygen atoms in total. The zero-order valence-corrected chi connectivity index (χ0v) is 14.5. The SMILES string of the molecule is COc1ccccc1Nc1cc(C(=O)NCCN(C)C)nc(C)n1. The van der Waals surface area contributed by atoms with Crippen LogP contribution in [0.25, 0.3) is 0 Å². The highest BCUT2D eigenvalue weighted by Gasteiger charge is 2.11. The van der Waals surface area contributed by atoms with Gasteiger partial charge >= 0.3 is 0 Å². The minimum absolute atomic E-state index is 0.217. The number of ether oxygens (including phenoxy) is 1. The minimum Gasteiger partial charge on any atom is -0.495 e. The molecule has 2 aromatic rings. The fraction of sp³-hybridized carbons (Fsp3) is 0.353. The van der Waals surface area contributed by atoms with Gasteiger partial charge in [-0.05, 0) is 33.2 Å². The quantitative estimate of drug-likeness (QED) is 0.807. The summed E-state index contributed by atoms with van der Waals surface area (Å²) in [4.78, 5) is 22.8. The van der Waals surface area contributed by atoms with E-state index in [1.54, 1.807) is 20.1 Å². The van der Waals surface area contributed by atoms with Crippen LogP contribution in [-0.4, -0.2) is 55.1 Å². The van der Waals surface area contributed by atoms with E-state index < -0.39 is 0 Å². The number of carbonyl (C=O) groups excluding carboxylic acids is 1. The van der Waals surface area contributed by atoms with Gasteiger partial charge in [0.1, 0.15) is 23.1 Å². The van der Waals surface area contributed by atoms with Crippen LogP contribution >= 0.6 is 0 Å². The highest BCUT2D eigenvalue weighted by atomic mass is 16.5. The fourth-order valence-electron chi connectivity index (χ4n) is 2.12. The number of likely N-dealkylation sites (N-methyl/N-ethyl adjacent to an activating group) is 1. The Labute approximate surface area is 142 Å². The molecule has 0 bridgehead atoms. The van der Waals surface area contributed by atoms with Gasteiger partial charge in [0.05, 0.1) is 12.8 Å². The molecule has 0 radical (unpaired) electrons. The van der Waals surface area contributed by atoms with Gasteiger partial charge in [0.15, 0.2) is 0 Å². The van der Waals surface area contributed by atoms with E-state index in [0.29, 0.717) is 29.6 Å². The van der Waals surface area contributed by atoms with Gasteiger partial charge in [0, 0.05) is 19.2 Å². The number of rotatable bonds is 7. The van der Waals surface area contributed by atoms with Crippen molar-refractivity contribution in [3.8, 4) is 5.75 Å². The first-order valence-electron chi connectivity index (χ1n) is 7.68. The Morgan fingerprint density at radius 1 is 1.25 bits per heavy atom. The van der Waals surface area contributed by atoms with Crippen molar-refractivity contribution >= 4 is 17.4 Å². The molecule has 0 atom stereocenters. The lowest BCUT2D eigenvalue weighted by atomic mass is 10.3. The van der Waals surface area contributed by atoms with Crippen molar-refractivity contribution in [2.75, 3.05) is 39.6 Å². The molecule has 128 valence electrons. The Hall–Kier alpha value is -2.67. The van der Waals surface area contributed by atoms with Crippen molar-refractivity contribution in [1.29, 1.82) is 0 Å². The number of para-hydroxylation sites is 2. The number of methoxy groups -OCH3 is 1. The maximum Gasteiger partial charge on any atom is 0.270 e. The number of benzene rings is 1. The predicted octanol–water partition coefficient (Wildman–Crippen LogP) is 1.83. The smallest absolute Gasteiger partial charge is 0.270 e. The van der Waals surface area contributed by atoms with E-state index in [2.05, 4.69) is 20.6 Å². The van der Waals surface area contributed by atoms with Gasteiger partial charge in [-0.3, -0.25) is 4.79 Å². The molecular formula is C17H23N5O2. The molecule has 0 saturated heterocycles. The van der Waals surface area contributed by atoms with Gasteiger partial charge in [0.25, 0.3) is 5.91 Å². The third-order valence-corrected chi connectivity index (χ3v) is 3.28. The number of anilines is 2. The topological polar surface area (TPSA) is 79.4 Å². The van der Waals surface area contributed by atoms with Crippen LogP contribution < -0.4 is 15.4 Å². The summed E-state index contributed by atoms with van der Waals surface area (Å²) in [7, 11) is 5.52. The molecule has 0 aliphatic heterocycles. The van der Waals surface area contributed by atoms with Gasteiger partial charge in [0.2, 0.25) is 0 Å². The average molecular weight is 329 g/mol. The number of aryl methyl sites for hydroxylation is 1. The van der Waals surface area contributed by atoms with Crippen LogP contribution in [0.2, 0.25) is 0 Å².